The minimum absolute atomic E-state index is 0.416. The summed E-state index contributed by atoms with van der Waals surface area (Å²) in [5.41, 5.74) is 1.95. The second-order valence-corrected chi connectivity index (χ2v) is 3.72. The van der Waals surface area contributed by atoms with Crippen LogP contribution in [0.4, 0.5) is 0 Å². The first-order valence-electron chi connectivity index (χ1n) is 5.53. The molecule has 16 heavy (non-hydrogen) atoms. The summed E-state index contributed by atoms with van der Waals surface area (Å²) >= 11 is 0. The minimum atomic E-state index is -0.762. The average Bonchev–Trinajstić information content (AvgIpc) is 2.29. The molecule has 3 heteroatoms. The van der Waals surface area contributed by atoms with Crippen molar-refractivity contribution in [3.63, 3.8) is 0 Å². The molecule has 1 N–H and O–H groups in total. The van der Waals surface area contributed by atoms with Gasteiger partial charge in [-0.2, -0.15) is 0 Å². The summed E-state index contributed by atoms with van der Waals surface area (Å²) in [6, 6.07) is 5.60. The van der Waals surface area contributed by atoms with Gasteiger partial charge in [-0.15, -0.1) is 0 Å². The molecule has 0 radical (unpaired) electrons. The van der Waals surface area contributed by atoms with Crippen LogP contribution in [0.2, 0.25) is 0 Å². The molecule has 0 spiro atoms. The highest BCUT2D eigenvalue weighted by atomic mass is 16.5. The standard InChI is InChI=1S/C13H18O3/c1-4-9-8-10(16-3)6-7-12(9)11(5-2)13(14)15/h6-8,11H,4-5H2,1-3H3,(H,14,15). The molecule has 0 aliphatic heterocycles. The highest BCUT2D eigenvalue weighted by Crippen LogP contribution is 2.27. The van der Waals surface area contributed by atoms with E-state index < -0.39 is 11.9 Å². The topological polar surface area (TPSA) is 46.5 Å². The Bertz CT molecular complexity index is 371. The Morgan fingerprint density at radius 2 is 2.12 bits per heavy atom. The van der Waals surface area contributed by atoms with Crippen molar-refractivity contribution >= 4 is 5.97 Å². The minimum Gasteiger partial charge on any atom is -0.497 e. The molecule has 0 aliphatic carbocycles. The molecule has 0 amide bonds. The van der Waals surface area contributed by atoms with Gasteiger partial charge in [0, 0.05) is 0 Å². The maximum absolute atomic E-state index is 11.1. The molecule has 0 heterocycles. The summed E-state index contributed by atoms with van der Waals surface area (Å²) in [4.78, 5) is 11.1. The molecular weight excluding hydrogens is 204 g/mol. The van der Waals surface area contributed by atoms with Gasteiger partial charge in [-0.3, -0.25) is 4.79 Å². The molecule has 0 saturated heterocycles. The van der Waals surface area contributed by atoms with Crippen molar-refractivity contribution in [3.8, 4) is 5.75 Å². The Labute approximate surface area is 96.1 Å². The lowest BCUT2D eigenvalue weighted by Crippen LogP contribution is -2.12. The molecule has 1 aromatic carbocycles. The SMILES string of the molecule is CCc1cc(OC)ccc1C(CC)C(=O)O. The second-order valence-electron chi connectivity index (χ2n) is 3.72. The fourth-order valence-corrected chi connectivity index (χ4v) is 1.88. The van der Waals surface area contributed by atoms with Gasteiger partial charge in [-0.05, 0) is 36.1 Å². The monoisotopic (exact) mass is 222 g/mol. The van der Waals surface area contributed by atoms with E-state index in [0.717, 1.165) is 23.3 Å². The van der Waals surface area contributed by atoms with Crippen LogP contribution in [-0.4, -0.2) is 18.2 Å². The zero-order valence-corrected chi connectivity index (χ0v) is 9.99. The average molecular weight is 222 g/mol. The van der Waals surface area contributed by atoms with Gasteiger partial charge in [0.2, 0.25) is 0 Å². The van der Waals surface area contributed by atoms with Crippen molar-refractivity contribution in [3.05, 3.63) is 29.3 Å². The number of hydrogen-bond acceptors (Lipinski definition) is 2. The summed E-state index contributed by atoms with van der Waals surface area (Å²) in [7, 11) is 1.61. The Morgan fingerprint density at radius 1 is 1.44 bits per heavy atom. The predicted molar refractivity (Wildman–Crippen MR) is 63.0 cm³/mol. The number of ether oxygens (including phenoxy) is 1. The van der Waals surface area contributed by atoms with Crippen molar-refractivity contribution in [1.82, 2.24) is 0 Å². The number of methoxy groups -OCH3 is 1. The fraction of sp³-hybridized carbons (Fsp3) is 0.462. The third kappa shape index (κ3) is 2.54. The van der Waals surface area contributed by atoms with Crippen molar-refractivity contribution in [2.75, 3.05) is 7.11 Å². The van der Waals surface area contributed by atoms with Gasteiger partial charge < -0.3 is 9.84 Å². The highest BCUT2D eigenvalue weighted by molar-refractivity contribution is 5.76. The first kappa shape index (κ1) is 12.6. The zero-order valence-electron chi connectivity index (χ0n) is 9.99. The third-order valence-corrected chi connectivity index (χ3v) is 2.81. The van der Waals surface area contributed by atoms with Crippen LogP contribution in [0, 0.1) is 0 Å². The number of aliphatic carboxylic acids is 1. The lowest BCUT2D eigenvalue weighted by molar-refractivity contribution is -0.138. The van der Waals surface area contributed by atoms with Crippen LogP contribution in [0.15, 0.2) is 18.2 Å². The molecule has 0 fully saturated rings. The number of carboxylic acids is 1. The molecule has 1 rings (SSSR count). The van der Waals surface area contributed by atoms with Crippen molar-refractivity contribution < 1.29 is 14.6 Å². The Morgan fingerprint density at radius 3 is 2.56 bits per heavy atom. The molecule has 0 bridgehead atoms. The number of hydrogen-bond donors (Lipinski definition) is 1. The molecule has 1 atom stereocenters. The summed E-state index contributed by atoms with van der Waals surface area (Å²) in [6.07, 6.45) is 1.42. The van der Waals surface area contributed by atoms with Crippen LogP contribution in [0.3, 0.4) is 0 Å². The van der Waals surface area contributed by atoms with Gasteiger partial charge in [0.15, 0.2) is 0 Å². The van der Waals surface area contributed by atoms with Crippen LogP contribution in [0.25, 0.3) is 0 Å². The third-order valence-electron chi connectivity index (χ3n) is 2.81. The second kappa shape index (κ2) is 5.54. The van der Waals surface area contributed by atoms with Crippen molar-refractivity contribution in [2.24, 2.45) is 0 Å². The summed E-state index contributed by atoms with van der Waals surface area (Å²) in [6.45, 7) is 3.91. The Balaban J connectivity index is 3.16. The number of carboxylic acid groups (broad SMARTS) is 1. The van der Waals surface area contributed by atoms with E-state index in [0.29, 0.717) is 6.42 Å². The Hall–Kier alpha value is -1.51. The summed E-state index contributed by atoms with van der Waals surface area (Å²) < 4.78 is 5.14. The van der Waals surface area contributed by atoms with E-state index >= 15 is 0 Å². The van der Waals surface area contributed by atoms with E-state index in [1.807, 2.05) is 32.0 Å². The van der Waals surface area contributed by atoms with E-state index in [9.17, 15) is 4.79 Å². The van der Waals surface area contributed by atoms with Crippen molar-refractivity contribution in [2.45, 2.75) is 32.6 Å². The maximum Gasteiger partial charge on any atom is 0.310 e. The first-order chi connectivity index (χ1) is 7.63. The number of rotatable bonds is 5. The lowest BCUT2D eigenvalue weighted by Gasteiger charge is -2.15. The van der Waals surface area contributed by atoms with Gasteiger partial charge in [-0.25, -0.2) is 0 Å². The van der Waals surface area contributed by atoms with Crippen LogP contribution in [-0.2, 0) is 11.2 Å². The quantitative estimate of drug-likeness (QED) is 0.833. The number of benzene rings is 1. The fourth-order valence-electron chi connectivity index (χ4n) is 1.88. The van der Waals surface area contributed by atoms with Gasteiger partial charge in [0.25, 0.3) is 0 Å². The molecule has 0 aliphatic rings. The lowest BCUT2D eigenvalue weighted by atomic mass is 9.91. The maximum atomic E-state index is 11.1. The van der Waals surface area contributed by atoms with E-state index in [-0.39, 0.29) is 0 Å². The van der Waals surface area contributed by atoms with E-state index in [2.05, 4.69) is 0 Å². The molecule has 1 aromatic rings. The van der Waals surface area contributed by atoms with Gasteiger partial charge in [0.1, 0.15) is 5.75 Å². The van der Waals surface area contributed by atoms with Crippen LogP contribution in [0.1, 0.15) is 37.3 Å². The van der Waals surface area contributed by atoms with Gasteiger partial charge >= 0.3 is 5.97 Å². The molecule has 1 unspecified atom stereocenters. The summed E-state index contributed by atoms with van der Waals surface area (Å²) in [5.74, 6) is -0.399. The molecular formula is C13H18O3. The predicted octanol–water partition coefficient (Wildman–Crippen LogP) is 2.84. The molecule has 3 nitrogen and oxygen atoms in total. The largest absolute Gasteiger partial charge is 0.497 e. The highest BCUT2D eigenvalue weighted by Gasteiger charge is 2.20. The molecule has 88 valence electrons. The summed E-state index contributed by atoms with van der Waals surface area (Å²) in [5, 5.41) is 9.14. The van der Waals surface area contributed by atoms with Crippen LogP contribution >= 0.6 is 0 Å². The van der Waals surface area contributed by atoms with Crippen LogP contribution in [0.5, 0.6) is 5.75 Å². The normalized spacial score (nSPS) is 12.2. The zero-order chi connectivity index (χ0) is 12.1. The Kier molecular flexibility index (Phi) is 4.35. The van der Waals surface area contributed by atoms with E-state index in [4.69, 9.17) is 9.84 Å². The smallest absolute Gasteiger partial charge is 0.310 e. The van der Waals surface area contributed by atoms with Gasteiger partial charge in [-0.1, -0.05) is 19.9 Å². The molecule has 0 saturated carbocycles. The number of carbonyl (C=O) groups is 1. The van der Waals surface area contributed by atoms with Crippen LogP contribution < -0.4 is 4.74 Å². The first-order valence-corrected chi connectivity index (χ1v) is 5.53. The van der Waals surface area contributed by atoms with E-state index in [1.54, 1.807) is 7.11 Å². The number of aryl methyl sites for hydroxylation is 1. The van der Waals surface area contributed by atoms with E-state index in [1.165, 1.54) is 0 Å². The van der Waals surface area contributed by atoms with Gasteiger partial charge in [0.05, 0.1) is 13.0 Å². The molecule has 0 aromatic heterocycles. The van der Waals surface area contributed by atoms with Crippen molar-refractivity contribution in [1.29, 1.82) is 0 Å².